The summed E-state index contributed by atoms with van der Waals surface area (Å²) >= 11 is 7.12. The Labute approximate surface area is 157 Å². The highest BCUT2D eigenvalue weighted by Gasteiger charge is 2.38. The topological polar surface area (TPSA) is 66.8 Å². The molecule has 1 aliphatic heterocycles. The predicted molar refractivity (Wildman–Crippen MR) is 100 cm³/mol. The first-order valence-electron chi connectivity index (χ1n) is 8.17. The molecule has 1 aliphatic rings. The van der Waals surface area contributed by atoms with E-state index in [0.29, 0.717) is 46.4 Å². The number of amides is 2. The average Bonchev–Trinajstić information content (AvgIpc) is 2.81. The quantitative estimate of drug-likeness (QED) is 0.524. The molecule has 0 aromatic heterocycles. The third kappa shape index (κ3) is 5.07. The van der Waals surface area contributed by atoms with E-state index in [1.807, 2.05) is 13.8 Å². The lowest BCUT2D eigenvalue weighted by atomic mass is 10.1. The number of nitrogens with zero attached hydrogens (tertiary/aromatic N) is 1. The lowest BCUT2D eigenvalue weighted by Crippen LogP contribution is -2.33. The summed E-state index contributed by atoms with van der Waals surface area (Å²) in [6.45, 7) is 4.62. The number of imide groups is 1. The first-order valence-corrected chi connectivity index (χ1v) is 9.53. The van der Waals surface area contributed by atoms with Crippen LogP contribution in [0.5, 0.6) is 0 Å². The monoisotopic (exact) mass is 383 g/mol. The molecule has 2 amide bonds. The zero-order chi connectivity index (χ0) is 18.4. The van der Waals surface area contributed by atoms with Gasteiger partial charge in [-0.3, -0.25) is 14.5 Å². The van der Waals surface area contributed by atoms with E-state index in [2.05, 4.69) is 0 Å². The van der Waals surface area contributed by atoms with Crippen molar-refractivity contribution in [2.75, 3.05) is 25.5 Å². The van der Waals surface area contributed by atoms with E-state index in [1.165, 1.54) is 16.7 Å². The summed E-state index contributed by atoms with van der Waals surface area (Å²) in [4.78, 5) is 27.1. The van der Waals surface area contributed by atoms with Gasteiger partial charge in [0.25, 0.3) is 11.8 Å². The van der Waals surface area contributed by atoms with Gasteiger partial charge in [0.2, 0.25) is 0 Å². The highest BCUT2D eigenvalue weighted by molar-refractivity contribution is 8.04. The molecule has 0 unspecified atom stereocenters. The van der Waals surface area contributed by atoms with Crippen LogP contribution in [-0.2, 0) is 14.3 Å². The lowest BCUT2D eigenvalue weighted by Gasteiger charge is -2.15. The second-order valence-corrected chi connectivity index (χ2v) is 7.36. The van der Waals surface area contributed by atoms with Gasteiger partial charge in [0.05, 0.1) is 23.2 Å². The molecule has 0 atom stereocenters. The lowest BCUT2D eigenvalue weighted by molar-refractivity contribution is -0.136. The van der Waals surface area contributed by atoms with Crippen molar-refractivity contribution in [3.05, 3.63) is 39.8 Å². The Balaban J connectivity index is 2.19. The van der Waals surface area contributed by atoms with Crippen LogP contribution < -0.4 is 0 Å². The van der Waals surface area contributed by atoms with E-state index in [-0.39, 0.29) is 24.5 Å². The number of aliphatic hydroxyl groups is 1. The van der Waals surface area contributed by atoms with E-state index < -0.39 is 0 Å². The molecule has 0 bridgehead atoms. The minimum Gasteiger partial charge on any atom is -0.396 e. The molecule has 0 fully saturated rings. The molecule has 7 heteroatoms. The molecule has 0 aliphatic carbocycles. The average molecular weight is 384 g/mol. The van der Waals surface area contributed by atoms with Gasteiger partial charge in [0, 0.05) is 23.9 Å². The summed E-state index contributed by atoms with van der Waals surface area (Å²) in [6, 6.07) is 6.84. The number of halogens is 1. The molecular weight excluding hydrogens is 362 g/mol. The largest absolute Gasteiger partial charge is 0.396 e. The molecule has 0 radical (unpaired) electrons. The van der Waals surface area contributed by atoms with Crippen LogP contribution in [-0.4, -0.2) is 53.4 Å². The van der Waals surface area contributed by atoms with Gasteiger partial charge in [-0.05, 0) is 38.0 Å². The van der Waals surface area contributed by atoms with Crippen LogP contribution in [0.25, 0.3) is 5.57 Å². The number of hydrogen-bond donors (Lipinski definition) is 1. The minimum absolute atomic E-state index is 0.0637. The van der Waals surface area contributed by atoms with Crippen molar-refractivity contribution in [2.45, 2.75) is 26.4 Å². The molecule has 25 heavy (non-hydrogen) atoms. The van der Waals surface area contributed by atoms with Gasteiger partial charge in [-0.1, -0.05) is 23.7 Å². The standard InChI is InChI=1S/C18H22ClNO4S/c1-12(2)24-10-3-8-20-17(22)15(13-4-6-14(19)7-5-13)16(18(20)23)25-11-9-21/h4-7,12,21H,3,8-11H2,1-2H3. The van der Waals surface area contributed by atoms with E-state index in [4.69, 9.17) is 21.4 Å². The number of carbonyl (C=O) groups excluding carboxylic acids is 2. The molecule has 0 saturated carbocycles. The number of carbonyl (C=O) groups is 2. The molecule has 1 aromatic rings. The van der Waals surface area contributed by atoms with Crippen LogP contribution >= 0.6 is 23.4 Å². The van der Waals surface area contributed by atoms with Crippen LogP contribution in [0.3, 0.4) is 0 Å². The summed E-state index contributed by atoms with van der Waals surface area (Å²) in [7, 11) is 0. The first-order chi connectivity index (χ1) is 12.0. The molecule has 1 N–H and O–H groups in total. The molecular formula is C18H22ClNO4S. The molecule has 5 nitrogen and oxygen atoms in total. The molecule has 1 heterocycles. The Morgan fingerprint density at radius 2 is 1.88 bits per heavy atom. The number of aliphatic hydroxyl groups excluding tert-OH is 1. The maximum Gasteiger partial charge on any atom is 0.267 e. The summed E-state index contributed by atoms with van der Waals surface area (Å²) < 4.78 is 5.47. The van der Waals surface area contributed by atoms with Gasteiger partial charge in [0.1, 0.15) is 0 Å². The zero-order valence-electron chi connectivity index (χ0n) is 14.3. The van der Waals surface area contributed by atoms with Crippen LogP contribution in [0.4, 0.5) is 0 Å². The summed E-state index contributed by atoms with van der Waals surface area (Å²) in [5, 5.41) is 9.64. The fraction of sp³-hybridized carbons (Fsp3) is 0.444. The third-order valence-electron chi connectivity index (χ3n) is 3.57. The SMILES string of the molecule is CC(C)OCCCN1C(=O)C(SCCO)=C(c2ccc(Cl)cc2)C1=O. The fourth-order valence-electron chi connectivity index (χ4n) is 2.45. The maximum absolute atomic E-state index is 12.8. The highest BCUT2D eigenvalue weighted by atomic mass is 35.5. The van der Waals surface area contributed by atoms with Crippen LogP contribution in [0, 0.1) is 0 Å². The van der Waals surface area contributed by atoms with Crippen LogP contribution in [0.15, 0.2) is 29.2 Å². The predicted octanol–water partition coefficient (Wildman–Crippen LogP) is 2.96. The Hall–Kier alpha value is -1.34. The van der Waals surface area contributed by atoms with E-state index in [0.717, 1.165) is 0 Å². The van der Waals surface area contributed by atoms with Crippen molar-refractivity contribution in [1.82, 2.24) is 4.90 Å². The zero-order valence-corrected chi connectivity index (χ0v) is 15.9. The van der Waals surface area contributed by atoms with Crippen LogP contribution in [0.1, 0.15) is 25.8 Å². The van der Waals surface area contributed by atoms with Crippen molar-refractivity contribution in [3.8, 4) is 0 Å². The number of thioether (sulfide) groups is 1. The van der Waals surface area contributed by atoms with Gasteiger partial charge >= 0.3 is 0 Å². The van der Waals surface area contributed by atoms with E-state index >= 15 is 0 Å². The number of rotatable bonds is 9. The van der Waals surface area contributed by atoms with Gasteiger partial charge < -0.3 is 9.84 Å². The first kappa shape index (κ1) is 20.0. The number of benzene rings is 1. The van der Waals surface area contributed by atoms with Gasteiger partial charge in [-0.2, -0.15) is 0 Å². The van der Waals surface area contributed by atoms with Gasteiger partial charge in [-0.25, -0.2) is 0 Å². The summed E-state index contributed by atoms with van der Waals surface area (Å²) in [6.07, 6.45) is 0.699. The van der Waals surface area contributed by atoms with Crippen molar-refractivity contribution >= 4 is 40.8 Å². The third-order valence-corrected chi connectivity index (χ3v) is 4.88. The second-order valence-electron chi connectivity index (χ2n) is 5.82. The minimum atomic E-state index is -0.308. The Morgan fingerprint density at radius 3 is 2.48 bits per heavy atom. The Morgan fingerprint density at radius 1 is 1.20 bits per heavy atom. The highest BCUT2D eigenvalue weighted by Crippen LogP contribution is 2.36. The molecule has 1 aromatic carbocycles. The maximum atomic E-state index is 12.8. The van der Waals surface area contributed by atoms with Gasteiger partial charge in [0.15, 0.2) is 0 Å². The molecule has 0 spiro atoms. The molecule has 0 saturated heterocycles. The fourth-order valence-corrected chi connectivity index (χ4v) is 3.46. The Kier molecular flexibility index (Phi) is 7.50. The van der Waals surface area contributed by atoms with E-state index in [1.54, 1.807) is 24.3 Å². The van der Waals surface area contributed by atoms with Gasteiger partial charge in [-0.15, -0.1) is 11.8 Å². The van der Waals surface area contributed by atoms with Crippen molar-refractivity contribution in [3.63, 3.8) is 0 Å². The molecule has 136 valence electrons. The van der Waals surface area contributed by atoms with Crippen molar-refractivity contribution < 1.29 is 19.4 Å². The second kappa shape index (κ2) is 9.38. The Bertz CT molecular complexity index is 658. The van der Waals surface area contributed by atoms with Crippen molar-refractivity contribution in [2.24, 2.45) is 0 Å². The van der Waals surface area contributed by atoms with Crippen LogP contribution in [0.2, 0.25) is 5.02 Å². The summed E-state index contributed by atoms with van der Waals surface area (Å²) in [5.41, 5.74) is 1.04. The van der Waals surface area contributed by atoms with E-state index in [9.17, 15) is 9.59 Å². The molecule has 2 rings (SSSR count). The normalized spacial score (nSPS) is 15.0. The number of hydrogen-bond acceptors (Lipinski definition) is 5. The smallest absolute Gasteiger partial charge is 0.267 e. The number of ether oxygens (including phenoxy) is 1. The van der Waals surface area contributed by atoms with Crippen molar-refractivity contribution in [1.29, 1.82) is 0 Å². The summed E-state index contributed by atoms with van der Waals surface area (Å²) in [5.74, 6) is -0.259.